The molecule has 2 heterocycles. The van der Waals surface area contributed by atoms with Crippen molar-refractivity contribution in [2.24, 2.45) is 0 Å². The lowest BCUT2D eigenvalue weighted by Gasteiger charge is -2.08. The Kier molecular flexibility index (Phi) is 4.42. The first-order valence-corrected chi connectivity index (χ1v) is 7.19. The zero-order valence-electron chi connectivity index (χ0n) is 12.3. The third-order valence-corrected chi connectivity index (χ3v) is 3.32. The van der Waals surface area contributed by atoms with Crippen LogP contribution in [0.4, 0.5) is 10.1 Å². The van der Waals surface area contributed by atoms with Crippen LogP contribution in [0.5, 0.6) is 0 Å². The second kappa shape index (κ2) is 6.83. The summed E-state index contributed by atoms with van der Waals surface area (Å²) in [5.74, 6) is 0.203. The first-order valence-electron chi connectivity index (χ1n) is 7.19. The predicted octanol–water partition coefficient (Wildman–Crippen LogP) is 3.11. The van der Waals surface area contributed by atoms with Gasteiger partial charge >= 0.3 is 0 Å². The molecule has 0 fully saturated rings. The van der Waals surface area contributed by atoms with Crippen LogP contribution in [0.25, 0.3) is 11.4 Å². The molecule has 0 unspecified atom stereocenters. The van der Waals surface area contributed by atoms with E-state index >= 15 is 0 Å². The van der Waals surface area contributed by atoms with E-state index in [0.717, 1.165) is 11.4 Å². The molecule has 1 aromatic carbocycles. The van der Waals surface area contributed by atoms with E-state index in [1.165, 1.54) is 12.1 Å². The number of imidazole rings is 1. The highest BCUT2D eigenvalue weighted by Gasteiger charge is 2.08. The van der Waals surface area contributed by atoms with E-state index in [1.54, 1.807) is 30.7 Å². The molecular formula is C17H15FN4O. The first kappa shape index (κ1) is 14.9. The Labute approximate surface area is 132 Å². The lowest BCUT2D eigenvalue weighted by Crippen LogP contribution is -2.14. The number of halogens is 1. The Hall–Kier alpha value is -3.02. The van der Waals surface area contributed by atoms with Crippen molar-refractivity contribution in [3.05, 3.63) is 67.0 Å². The lowest BCUT2D eigenvalue weighted by molar-refractivity contribution is -0.116. The van der Waals surface area contributed by atoms with Crippen molar-refractivity contribution in [2.45, 2.75) is 13.0 Å². The average molecular weight is 310 g/mol. The van der Waals surface area contributed by atoms with Crippen molar-refractivity contribution in [2.75, 3.05) is 5.32 Å². The van der Waals surface area contributed by atoms with Crippen molar-refractivity contribution >= 4 is 11.6 Å². The standard InChI is InChI=1S/C17H15FN4O/c18-14-4-1-5-15(11-14)21-16(23)6-9-22-10-8-20-17(22)13-3-2-7-19-12-13/h1-5,7-8,10-12H,6,9H2,(H,21,23). The van der Waals surface area contributed by atoms with Gasteiger partial charge in [-0.1, -0.05) is 6.07 Å². The van der Waals surface area contributed by atoms with Crippen LogP contribution in [-0.2, 0) is 11.3 Å². The summed E-state index contributed by atoms with van der Waals surface area (Å²) < 4.78 is 15.0. The molecule has 1 N–H and O–H groups in total. The summed E-state index contributed by atoms with van der Waals surface area (Å²) in [6.45, 7) is 0.478. The molecule has 0 spiro atoms. The number of carbonyl (C=O) groups excluding carboxylic acids is 1. The van der Waals surface area contributed by atoms with Crippen molar-refractivity contribution < 1.29 is 9.18 Å². The molecule has 116 valence electrons. The van der Waals surface area contributed by atoms with E-state index < -0.39 is 0 Å². The van der Waals surface area contributed by atoms with Gasteiger partial charge in [-0.3, -0.25) is 9.78 Å². The quantitative estimate of drug-likeness (QED) is 0.787. The predicted molar refractivity (Wildman–Crippen MR) is 85.1 cm³/mol. The molecule has 23 heavy (non-hydrogen) atoms. The van der Waals surface area contributed by atoms with Crippen molar-refractivity contribution in [1.29, 1.82) is 0 Å². The second-order valence-electron chi connectivity index (χ2n) is 4.99. The average Bonchev–Trinajstić information content (AvgIpc) is 3.02. The highest BCUT2D eigenvalue weighted by Crippen LogP contribution is 2.16. The summed E-state index contributed by atoms with van der Waals surface area (Å²) in [4.78, 5) is 20.4. The summed E-state index contributed by atoms with van der Waals surface area (Å²) in [6, 6.07) is 9.59. The van der Waals surface area contributed by atoms with Crippen LogP contribution in [0, 0.1) is 5.82 Å². The van der Waals surface area contributed by atoms with Crippen molar-refractivity contribution in [3.63, 3.8) is 0 Å². The van der Waals surface area contributed by atoms with E-state index in [1.807, 2.05) is 22.9 Å². The molecule has 0 atom stereocenters. The van der Waals surface area contributed by atoms with Gasteiger partial charge in [0.25, 0.3) is 0 Å². The minimum atomic E-state index is -0.378. The lowest BCUT2D eigenvalue weighted by atomic mass is 10.2. The van der Waals surface area contributed by atoms with Crippen LogP contribution < -0.4 is 5.32 Å². The van der Waals surface area contributed by atoms with Gasteiger partial charge in [-0.05, 0) is 30.3 Å². The Bertz CT molecular complexity index is 801. The van der Waals surface area contributed by atoms with Crippen LogP contribution in [0.2, 0.25) is 0 Å². The van der Waals surface area contributed by atoms with Gasteiger partial charge < -0.3 is 9.88 Å². The number of amides is 1. The van der Waals surface area contributed by atoms with Crippen LogP contribution >= 0.6 is 0 Å². The number of nitrogens with one attached hydrogen (secondary N) is 1. The van der Waals surface area contributed by atoms with Crippen LogP contribution in [0.1, 0.15) is 6.42 Å². The molecule has 3 rings (SSSR count). The van der Waals surface area contributed by atoms with Gasteiger partial charge in [-0.2, -0.15) is 0 Å². The number of carbonyl (C=O) groups is 1. The molecule has 6 heteroatoms. The third-order valence-electron chi connectivity index (χ3n) is 3.32. The van der Waals surface area contributed by atoms with Gasteiger partial charge in [0, 0.05) is 49.0 Å². The smallest absolute Gasteiger partial charge is 0.226 e. The molecule has 3 aromatic rings. The monoisotopic (exact) mass is 310 g/mol. The van der Waals surface area contributed by atoms with Gasteiger partial charge in [0.2, 0.25) is 5.91 Å². The Morgan fingerprint density at radius 3 is 2.91 bits per heavy atom. The fourth-order valence-electron chi connectivity index (χ4n) is 2.26. The van der Waals surface area contributed by atoms with E-state index in [9.17, 15) is 9.18 Å². The van der Waals surface area contributed by atoms with Gasteiger partial charge in [-0.25, -0.2) is 9.37 Å². The Balaban J connectivity index is 1.63. The molecule has 0 aliphatic carbocycles. The number of nitrogens with zero attached hydrogens (tertiary/aromatic N) is 3. The molecular weight excluding hydrogens is 295 g/mol. The zero-order valence-corrected chi connectivity index (χ0v) is 12.3. The van der Waals surface area contributed by atoms with Crippen LogP contribution in [-0.4, -0.2) is 20.4 Å². The van der Waals surface area contributed by atoms with E-state index in [4.69, 9.17) is 0 Å². The van der Waals surface area contributed by atoms with Crippen LogP contribution in [0.15, 0.2) is 61.2 Å². The van der Waals surface area contributed by atoms with Gasteiger partial charge in [0.15, 0.2) is 0 Å². The number of hydrogen-bond donors (Lipinski definition) is 1. The fourth-order valence-corrected chi connectivity index (χ4v) is 2.26. The van der Waals surface area contributed by atoms with E-state index in [-0.39, 0.29) is 18.1 Å². The minimum absolute atomic E-state index is 0.179. The molecule has 0 saturated carbocycles. The molecule has 0 aliphatic rings. The number of pyridine rings is 1. The normalized spacial score (nSPS) is 10.5. The van der Waals surface area contributed by atoms with Gasteiger partial charge in [0.05, 0.1) is 0 Å². The summed E-state index contributed by atoms with van der Waals surface area (Å²) in [5, 5.41) is 2.68. The van der Waals surface area contributed by atoms with E-state index in [0.29, 0.717) is 12.2 Å². The molecule has 5 nitrogen and oxygen atoms in total. The summed E-state index contributed by atoms with van der Waals surface area (Å²) in [7, 11) is 0. The third kappa shape index (κ3) is 3.79. The second-order valence-corrected chi connectivity index (χ2v) is 4.99. The van der Waals surface area contributed by atoms with Crippen molar-refractivity contribution in [3.8, 4) is 11.4 Å². The molecule has 0 saturated heterocycles. The van der Waals surface area contributed by atoms with Crippen molar-refractivity contribution in [1.82, 2.24) is 14.5 Å². The van der Waals surface area contributed by atoms with Gasteiger partial charge in [-0.15, -0.1) is 0 Å². The maximum atomic E-state index is 13.1. The number of hydrogen-bond acceptors (Lipinski definition) is 3. The largest absolute Gasteiger partial charge is 0.330 e. The molecule has 2 aromatic heterocycles. The zero-order chi connectivity index (χ0) is 16.1. The highest BCUT2D eigenvalue weighted by atomic mass is 19.1. The summed E-state index contributed by atoms with van der Waals surface area (Å²) in [6.07, 6.45) is 7.19. The maximum Gasteiger partial charge on any atom is 0.226 e. The maximum absolute atomic E-state index is 13.1. The molecule has 0 radical (unpaired) electrons. The highest BCUT2D eigenvalue weighted by molar-refractivity contribution is 5.90. The number of benzene rings is 1. The Morgan fingerprint density at radius 1 is 1.22 bits per heavy atom. The summed E-state index contributed by atoms with van der Waals surface area (Å²) >= 11 is 0. The SMILES string of the molecule is O=C(CCn1ccnc1-c1cccnc1)Nc1cccc(F)c1. The molecule has 1 amide bonds. The van der Waals surface area contributed by atoms with E-state index in [2.05, 4.69) is 15.3 Å². The number of aromatic nitrogens is 3. The number of rotatable bonds is 5. The topological polar surface area (TPSA) is 59.8 Å². The Morgan fingerprint density at radius 2 is 2.13 bits per heavy atom. The van der Waals surface area contributed by atoms with Crippen LogP contribution in [0.3, 0.4) is 0 Å². The molecule has 0 bridgehead atoms. The minimum Gasteiger partial charge on any atom is -0.330 e. The first-order chi connectivity index (χ1) is 11.2. The fraction of sp³-hybridized carbons (Fsp3) is 0.118. The number of aryl methyl sites for hydroxylation is 1. The van der Waals surface area contributed by atoms with Gasteiger partial charge in [0.1, 0.15) is 11.6 Å². The number of anilines is 1. The molecule has 0 aliphatic heterocycles. The summed E-state index contributed by atoms with van der Waals surface area (Å²) in [5.41, 5.74) is 1.34.